The van der Waals surface area contributed by atoms with E-state index >= 15 is 0 Å². The predicted octanol–water partition coefficient (Wildman–Crippen LogP) is 2.19. The topological polar surface area (TPSA) is 51.5 Å². The molecule has 0 aliphatic rings. The molecule has 0 aliphatic heterocycles. The SMILES string of the molecule is CCO[Si](CC(C)C#N)(OCC)OCC. The van der Waals surface area contributed by atoms with E-state index in [0.29, 0.717) is 25.9 Å². The minimum absolute atomic E-state index is 0.0960. The molecule has 0 amide bonds. The van der Waals surface area contributed by atoms with Crippen LogP contribution in [0.3, 0.4) is 0 Å². The average molecular weight is 231 g/mol. The second kappa shape index (κ2) is 7.82. The molecule has 0 spiro atoms. The lowest BCUT2D eigenvalue weighted by molar-refractivity contribution is 0.0693. The van der Waals surface area contributed by atoms with Gasteiger partial charge in [0, 0.05) is 31.8 Å². The maximum atomic E-state index is 8.81. The number of hydrogen-bond acceptors (Lipinski definition) is 4. The molecule has 1 unspecified atom stereocenters. The van der Waals surface area contributed by atoms with Crippen molar-refractivity contribution in [2.24, 2.45) is 5.92 Å². The van der Waals surface area contributed by atoms with E-state index in [0.717, 1.165) is 0 Å². The van der Waals surface area contributed by atoms with Crippen LogP contribution < -0.4 is 0 Å². The summed E-state index contributed by atoms with van der Waals surface area (Å²) in [4.78, 5) is 0. The quantitative estimate of drug-likeness (QED) is 0.601. The molecule has 0 aromatic heterocycles. The zero-order chi connectivity index (χ0) is 11.7. The van der Waals surface area contributed by atoms with E-state index in [9.17, 15) is 0 Å². The fourth-order valence-electron chi connectivity index (χ4n) is 1.38. The van der Waals surface area contributed by atoms with Crippen LogP contribution in [0.15, 0.2) is 0 Å². The second-order valence-electron chi connectivity index (χ2n) is 3.22. The van der Waals surface area contributed by atoms with Crippen molar-refractivity contribution >= 4 is 8.80 Å². The van der Waals surface area contributed by atoms with Gasteiger partial charge in [0.1, 0.15) is 0 Å². The summed E-state index contributed by atoms with van der Waals surface area (Å²) in [5, 5.41) is 8.81. The molecule has 4 nitrogen and oxygen atoms in total. The van der Waals surface area contributed by atoms with Crippen LogP contribution in [0, 0.1) is 17.2 Å². The van der Waals surface area contributed by atoms with Crippen LogP contribution in [0.5, 0.6) is 0 Å². The third-order valence-electron chi connectivity index (χ3n) is 1.87. The summed E-state index contributed by atoms with van der Waals surface area (Å²) in [6.45, 7) is 9.28. The lowest BCUT2D eigenvalue weighted by atomic mass is 10.3. The summed E-state index contributed by atoms with van der Waals surface area (Å²) in [5.41, 5.74) is 0. The molecule has 0 saturated heterocycles. The Bertz CT molecular complexity index is 188. The van der Waals surface area contributed by atoms with Gasteiger partial charge in [0.2, 0.25) is 0 Å². The van der Waals surface area contributed by atoms with E-state index in [-0.39, 0.29) is 5.92 Å². The van der Waals surface area contributed by atoms with Crippen LogP contribution >= 0.6 is 0 Å². The standard InChI is InChI=1S/C10H21NO3Si/c1-5-12-15(13-6-2,14-7-3)9-10(4)8-11/h10H,5-7,9H2,1-4H3. The maximum Gasteiger partial charge on any atom is 0.502 e. The van der Waals surface area contributed by atoms with E-state index in [2.05, 4.69) is 6.07 Å². The Hall–Kier alpha value is -0.413. The molecule has 0 aliphatic carbocycles. The molecule has 5 heteroatoms. The van der Waals surface area contributed by atoms with Gasteiger partial charge in [-0.05, 0) is 27.7 Å². The highest BCUT2D eigenvalue weighted by Crippen LogP contribution is 2.21. The van der Waals surface area contributed by atoms with Crippen molar-refractivity contribution in [2.45, 2.75) is 33.7 Å². The molecular formula is C10H21NO3Si. The Balaban J connectivity index is 4.53. The summed E-state index contributed by atoms with van der Waals surface area (Å²) in [5.74, 6) is -0.0960. The Morgan fingerprint density at radius 3 is 1.73 bits per heavy atom. The molecule has 0 aromatic rings. The third-order valence-corrected chi connectivity index (χ3v) is 5.17. The van der Waals surface area contributed by atoms with E-state index in [1.165, 1.54) is 0 Å². The molecule has 15 heavy (non-hydrogen) atoms. The van der Waals surface area contributed by atoms with E-state index < -0.39 is 8.80 Å². The number of rotatable bonds is 8. The highest BCUT2D eigenvalue weighted by Gasteiger charge is 2.41. The van der Waals surface area contributed by atoms with E-state index in [4.69, 9.17) is 18.5 Å². The Labute approximate surface area is 93.5 Å². The van der Waals surface area contributed by atoms with Crippen LogP contribution in [0.1, 0.15) is 27.7 Å². The van der Waals surface area contributed by atoms with E-state index in [1.807, 2.05) is 27.7 Å². The predicted molar refractivity (Wildman–Crippen MR) is 60.2 cm³/mol. The van der Waals surface area contributed by atoms with Gasteiger partial charge in [0.15, 0.2) is 0 Å². The van der Waals surface area contributed by atoms with Crippen molar-refractivity contribution in [3.8, 4) is 6.07 Å². The molecule has 0 bridgehead atoms. The van der Waals surface area contributed by atoms with Crippen molar-refractivity contribution in [2.75, 3.05) is 19.8 Å². The lowest BCUT2D eigenvalue weighted by Crippen LogP contribution is -2.47. The van der Waals surface area contributed by atoms with Crippen LogP contribution in [-0.2, 0) is 13.3 Å². The second-order valence-corrected chi connectivity index (χ2v) is 5.86. The molecule has 1 atom stereocenters. The number of nitriles is 1. The highest BCUT2D eigenvalue weighted by molar-refractivity contribution is 6.60. The first kappa shape index (κ1) is 14.6. The van der Waals surface area contributed by atoms with Gasteiger partial charge < -0.3 is 13.3 Å². The lowest BCUT2D eigenvalue weighted by Gasteiger charge is -2.29. The molecule has 0 rings (SSSR count). The van der Waals surface area contributed by atoms with Crippen molar-refractivity contribution in [3.05, 3.63) is 0 Å². The summed E-state index contributed by atoms with van der Waals surface area (Å²) in [6.07, 6.45) is 0. The van der Waals surface area contributed by atoms with Gasteiger partial charge in [0.25, 0.3) is 0 Å². The molecule has 0 aromatic carbocycles. The fraction of sp³-hybridized carbons (Fsp3) is 0.900. The van der Waals surface area contributed by atoms with Gasteiger partial charge in [-0.25, -0.2) is 0 Å². The first-order valence-electron chi connectivity index (χ1n) is 5.45. The van der Waals surface area contributed by atoms with Crippen molar-refractivity contribution in [1.82, 2.24) is 0 Å². The molecule has 0 saturated carbocycles. The van der Waals surface area contributed by atoms with Crippen LogP contribution in [0.2, 0.25) is 6.04 Å². The minimum atomic E-state index is -2.60. The average Bonchev–Trinajstić information content (AvgIpc) is 2.18. The third kappa shape index (κ3) is 5.28. The minimum Gasteiger partial charge on any atom is -0.374 e. The Morgan fingerprint density at radius 1 is 1.07 bits per heavy atom. The maximum absolute atomic E-state index is 8.81. The first-order chi connectivity index (χ1) is 7.14. The summed E-state index contributed by atoms with van der Waals surface area (Å²) >= 11 is 0. The Kier molecular flexibility index (Phi) is 7.61. The molecule has 0 N–H and O–H groups in total. The van der Waals surface area contributed by atoms with Crippen molar-refractivity contribution in [3.63, 3.8) is 0 Å². The van der Waals surface area contributed by atoms with Crippen molar-refractivity contribution < 1.29 is 13.3 Å². The number of nitrogens with zero attached hydrogens (tertiary/aromatic N) is 1. The molecule has 88 valence electrons. The van der Waals surface area contributed by atoms with Gasteiger partial charge in [-0.1, -0.05) is 0 Å². The molecular weight excluding hydrogens is 210 g/mol. The van der Waals surface area contributed by atoms with Crippen molar-refractivity contribution in [1.29, 1.82) is 5.26 Å². The zero-order valence-corrected chi connectivity index (χ0v) is 11.1. The normalized spacial score (nSPS) is 13.5. The summed E-state index contributed by atoms with van der Waals surface area (Å²) < 4.78 is 16.9. The van der Waals surface area contributed by atoms with Gasteiger partial charge in [0.05, 0.1) is 6.07 Å². The molecule has 0 heterocycles. The largest absolute Gasteiger partial charge is 0.502 e. The Morgan fingerprint density at radius 2 is 1.47 bits per heavy atom. The van der Waals surface area contributed by atoms with Gasteiger partial charge in [-0.2, -0.15) is 5.26 Å². The van der Waals surface area contributed by atoms with Crippen LogP contribution in [0.25, 0.3) is 0 Å². The zero-order valence-electron chi connectivity index (χ0n) is 10.1. The smallest absolute Gasteiger partial charge is 0.374 e. The summed E-state index contributed by atoms with van der Waals surface area (Å²) in [6, 6.07) is 2.76. The fourth-order valence-corrected chi connectivity index (χ4v) is 4.15. The van der Waals surface area contributed by atoms with Crippen LogP contribution in [0.4, 0.5) is 0 Å². The highest BCUT2D eigenvalue weighted by atomic mass is 28.4. The van der Waals surface area contributed by atoms with E-state index in [1.54, 1.807) is 0 Å². The van der Waals surface area contributed by atoms with Crippen LogP contribution in [-0.4, -0.2) is 28.6 Å². The van der Waals surface area contributed by atoms with Gasteiger partial charge in [-0.3, -0.25) is 0 Å². The van der Waals surface area contributed by atoms with Gasteiger partial charge in [-0.15, -0.1) is 0 Å². The molecule has 0 fully saturated rings. The van der Waals surface area contributed by atoms with Gasteiger partial charge >= 0.3 is 8.80 Å². The summed E-state index contributed by atoms with van der Waals surface area (Å²) in [7, 11) is -2.60. The molecule has 0 radical (unpaired) electrons. The first-order valence-corrected chi connectivity index (χ1v) is 7.38. The monoisotopic (exact) mass is 231 g/mol. The number of hydrogen-bond donors (Lipinski definition) is 0.